The van der Waals surface area contributed by atoms with Crippen LogP contribution < -0.4 is 5.32 Å². The number of carbonyl (C=O) groups excluding carboxylic acids is 3. The van der Waals surface area contributed by atoms with Crippen molar-refractivity contribution < 1.29 is 19.1 Å². The Morgan fingerprint density at radius 3 is 2.57 bits per heavy atom. The Labute approximate surface area is 178 Å². The summed E-state index contributed by atoms with van der Waals surface area (Å²) < 4.78 is 5.37. The summed E-state index contributed by atoms with van der Waals surface area (Å²) in [6.07, 6.45) is 2.75. The molecule has 0 aliphatic carbocycles. The number of hydrogen-bond acceptors (Lipinski definition) is 5. The summed E-state index contributed by atoms with van der Waals surface area (Å²) in [5.74, 6) is -0.148. The van der Waals surface area contributed by atoms with E-state index in [1.807, 2.05) is 6.92 Å². The first kappa shape index (κ1) is 22.0. The maximum absolute atomic E-state index is 13.3. The lowest BCUT2D eigenvalue weighted by atomic mass is 9.97. The second-order valence-corrected chi connectivity index (χ2v) is 7.99. The third-order valence-corrected chi connectivity index (χ3v) is 5.49. The van der Waals surface area contributed by atoms with Gasteiger partial charge in [-0.3, -0.25) is 19.3 Å². The van der Waals surface area contributed by atoms with Crippen LogP contribution in [0.2, 0.25) is 0 Å². The molecular formula is C23H31N3O4. The van der Waals surface area contributed by atoms with Crippen LogP contribution in [0, 0.1) is 5.92 Å². The Balaban J connectivity index is 1.91. The summed E-state index contributed by atoms with van der Waals surface area (Å²) in [5, 5.41) is 2.73. The van der Waals surface area contributed by atoms with Gasteiger partial charge in [0.25, 0.3) is 11.8 Å². The van der Waals surface area contributed by atoms with E-state index in [4.69, 9.17) is 4.74 Å². The number of nitrogens with one attached hydrogen (secondary N) is 1. The number of hydrogen-bond donors (Lipinski definition) is 1. The van der Waals surface area contributed by atoms with Gasteiger partial charge >= 0.3 is 0 Å². The fourth-order valence-corrected chi connectivity index (χ4v) is 4.10. The van der Waals surface area contributed by atoms with Gasteiger partial charge in [-0.15, -0.1) is 0 Å². The lowest BCUT2D eigenvalue weighted by Crippen LogP contribution is -2.39. The Hall–Kier alpha value is -2.67. The van der Waals surface area contributed by atoms with E-state index in [2.05, 4.69) is 17.1 Å². The van der Waals surface area contributed by atoms with Crippen LogP contribution in [0.5, 0.6) is 0 Å². The first-order valence-electron chi connectivity index (χ1n) is 10.7. The molecule has 1 saturated heterocycles. The van der Waals surface area contributed by atoms with Crippen molar-refractivity contribution in [1.82, 2.24) is 9.80 Å². The number of amides is 3. The van der Waals surface area contributed by atoms with Crippen molar-refractivity contribution in [2.24, 2.45) is 5.92 Å². The van der Waals surface area contributed by atoms with Gasteiger partial charge in [-0.2, -0.15) is 0 Å². The molecule has 3 rings (SSSR count). The third kappa shape index (κ3) is 4.90. The van der Waals surface area contributed by atoms with Crippen LogP contribution in [0.3, 0.4) is 0 Å². The van der Waals surface area contributed by atoms with Gasteiger partial charge in [0, 0.05) is 45.5 Å². The maximum Gasteiger partial charge on any atom is 0.277 e. The molecule has 1 aromatic rings. The minimum Gasteiger partial charge on any atom is -0.382 e. The highest BCUT2D eigenvalue weighted by Gasteiger charge is 2.41. The molecule has 7 heteroatoms. The van der Waals surface area contributed by atoms with Gasteiger partial charge in [0.05, 0.1) is 5.57 Å². The van der Waals surface area contributed by atoms with E-state index in [0.717, 1.165) is 25.9 Å². The largest absolute Gasteiger partial charge is 0.382 e. The lowest BCUT2D eigenvalue weighted by Gasteiger charge is -2.33. The zero-order valence-corrected chi connectivity index (χ0v) is 18.1. The van der Waals surface area contributed by atoms with Crippen molar-refractivity contribution in [2.45, 2.75) is 40.0 Å². The minimum atomic E-state index is -0.253. The van der Waals surface area contributed by atoms with Crippen molar-refractivity contribution in [3.8, 4) is 0 Å². The van der Waals surface area contributed by atoms with Crippen molar-refractivity contribution in [1.29, 1.82) is 0 Å². The van der Waals surface area contributed by atoms with Crippen LogP contribution in [0.25, 0.3) is 5.57 Å². The minimum absolute atomic E-state index is 0.155. The topological polar surface area (TPSA) is 79.0 Å². The second-order valence-electron chi connectivity index (χ2n) is 7.99. The van der Waals surface area contributed by atoms with Crippen LogP contribution in [-0.2, 0) is 19.1 Å². The van der Waals surface area contributed by atoms with Crippen LogP contribution in [0.1, 0.15) is 45.6 Å². The Bertz CT molecular complexity index is 831. The van der Waals surface area contributed by atoms with Crippen molar-refractivity contribution in [3.63, 3.8) is 0 Å². The monoisotopic (exact) mass is 413 g/mol. The molecule has 0 aromatic heterocycles. The van der Waals surface area contributed by atoms with Crippen LogP contribution in [-0.4, -0.2) is 60.4 Å². The van der Waals surface area contributed by atoms with Crippen LogP contribution >= 0.6 is 0 Å². The highest BCUT2D eigenvalue weighted by molar-refractivity contribution is 6.35. The molecule has 0 radical (unpaired) electrons. The molecule has 162 valence electrons. The first-order chi connectivity index (χ1) is 14.4. The summed E-state index contributed by atoms with van der Waals surface area (Å²) >= 11 is 0. The fourth-order valence-electron chi connectivity index (χ4n) is 4.10. The van der Waals surface area contributed by atoms with E-state index in [1.54, 1.807) is 24.3 Å². The maximum atomic E-state index is 13.3. The molecule has 30 heavy (non-hydrogen) atoms. The van der Waals surface area contributed by atoms with Crippen molar-refractivity contribution >= 4 is 29.0 Å². The van der Waals surface area contributed by atoms with Gasteiger partial charge in [-0.25, -0.2) is 0 Å². The Kier molecular flexibility index (Phi) is 7.26. The molecule has 1 unspecified atom stereocenters. The molecule has 1 aromatic carbocycles. The van der Waals surface area contributed by atoms with Gasteiger partial charge in [0.2, 0.25) is 5.91 Å². The molecule has 7 nitrogen and oxygen atoms in total. The molecule has 2 heterocycles. The number of imide groups is 1. The summed E-state index contributed by atoms with van der Waals surface area (Å²) in [7, 11) is 0. The molecule has 3 amide bonds. The highest BCUT2D eigenvalue weighted by atomic mass is 16.5. The van der Waals surface area contributed by atoms with Crippen LogP contribution in [0.15, 0.2) is 30.0 Å². The first-order valence-corrected chi connectivity index (χ1v) is 10.7. The number of nitrogens with zero attached hydrogens (tertiary/aromatic N) is 2. The predicted molar refractivity (Wildman–Crippen MR) is 115 cm³/mol. The van der Waals surface area contributed by atoms with Gasteiger partial charge < -0.3 is 15.0 Å². The number of benzene rings is 1. The van der Waals surface area contributed by atoms with Crippen molar-refractivity contribution in [2.75, 3.05) is 38.2 Å². The zero-order valence-electron chi connectivity index (χ0n) is 18.1. The predicted octanol–water partition coefficient (Wildman–Crippen LogP) is 2.88. The molecule has 0 saturated carbocycles. The van der Waals surface area contributed by atoms with E-state index in [9.17, 15) is 14.4 Å². The molecule has 2 aliphatic rings. The molecule has 1 fully saturated rings. The van der Waals surface area contributed by atoms with Crippen molar-refractivity contribution in [3.05, 3.63) is 35.5 Å². The smallest absolute Gasteiger partial charge is 0.277 e. The Morgan fingerprint density at radius 1 is 1.20 bits per heavy atom. The van der Waals surface area contributed by atoms with Crippen LogP contribution in [0.4, 0.5) is 5.69 Å². The Morgan fingerprint density at radius 2 is 1.93 bits per heavy atom. The summed E-state index contributed by atoms with van der Waals surface area (Å²) in [6.45, 7) is 8.58. The summed E-state index contributed by atoms with van der Waals surface area (Å²) in [5.41, 5.74) is 2.32. The normalized spacial score (nSPS) is 19.6. The number of anilines is 1. The van der Waals surface area contributed by atoms with E-state index in [1.165, 1.54) is 11.8 Å². The van der Waals surface area contributed by atoms with E-state index < -0.39 is 0 Å². The quantitative estimate of drug-likeness (QED) is 0.524. The number of piperidine rings is 1. The van der Waals surface area contributed by atoms with Gasteiger partial charge in [0.15, 0.2) is 0 Å². The number of rotatable bonds is 8. The molecule has 0 bridgehead atoms. The number of ether oxygens (including phenoxy) is 1. The summed E-state index contributed by atoms with van der Waals surface area (Å²) in [4.78, 5) is 41.3. The fraction of sp³-hybridized carbons (Fsp3) is 0.522. The van der Waals surface area contributed by atoms with E-state index in [0.29, 0.717) is 54.6 Å². The van der Waals surface area contributed by atoms with E-state index >= 15 is 0 Å². The summed E-state index contributed by atoms with van der Waals surface area (Å²) in [6, 6.07) is 7.11. The standard InChI is InChI=1S/C23H31N3O4/c1-4-30-14-6-13-26-22(28)20(18-8-10-19(11-9-18)24-17(3)27)21(23(26)29)25-12-5-7-16(2)15-25/h8-11,16H,4-7,12-15H2,1-3H3,(H,24,27). The number of likely N-dealkylation sites (tertiary alicyclic amines) is 1. The molecular weight excluding hydrogens is 382 g/mol. The zero-order chi connectivity index (χ0) is 21.7. The molecule has 1 N–H and O–H groups in total. The molecule has 1 atom stereocenters. The average Bonchev–Trinajstić information content (AvgIpc) is 2.96. The van der Waals surface area contributed by atoms with Gasteiger partial charge in [-0.05, 0) is 49.8 Å². The molecule has 0 spiro atoms. The number of carbonyl (C=O) groups is 3. The van der Waals surface area contributed by atoms with Gasteiger partial charge in [0.1, 0.15) is 5.70 Å². The van der Waals surface area contributed by atoms with E-state index in [-0.39, 0.29) is 17.7 Å². The van der Waals surface area contributed by atoms with Gasteiger partial charge in [-0.1, -0.05) is 19.1 Å². The second kappa shape index (κ2) is 9.89. The molecule has 2 aliphatic heterocycles. The average molecular weight is 414 g/mol. The lowest BCUT2D eigenvalue weighted by molar-refractivity contribution is -0.137. The third-order valence-electron chi connectivity index (χ3n) is 5.49. The SMILES string of the molecule is CCOCCCN1C(=O)C(c2ccc(NC(C)=O)cc2)=C(N2CCCC(C)C2)C1=O. The highest BCUT2D eigenvalue weighted by Crippen LogP contribution is 2.34.